The third-order valence-electron chi connectivity index (χ3n) is 2.80. The second-order valence-corrected chi connectivity index (χ2v) is 4.10. The molecule has 0 atom stereocenters. The van der Waals surface area contributed by atoms with E-state index >= 15 is 0 Å². The molecule has 1 heterocycles. The molecular weight excluding hydrogens is 232 g/mol. The highest BCUT2D eigenvalue weighted by Crippen LogP contribution is 2.30. The number of ether oxygens (including phenoxy) is 1. The molecular formula is C13H16N2O3. The Balaban J connectivity index is 2.33. The summed E-state index contributed by atoms with van der Waals surface area (Å²) in [7, 11) is 1.59. The van der Waals surface area contributed by atoms with Crippen LogP contribution in [0.1, 0.15) is 12.5 Å². The molecule has 96 valence electrons. The zero-order chi connectivity index (χ0) is 13.1. The Morgan fingerprint density at radius 3 is 2.94 bits per heavy atom. The molecule has 5 heteroatoms. The smallest absolute Gasteiger partial charge is 0.216 e. The molecule has 1 amide bonds. The number of carbonyl (C=O) groups excluding carboxylic acids is 1. The summed E-state index contributed by atoms with van der Waals surface area (Å²) in [6.45, 7) is 2.02. The van der Waals surface area contributed by atoms with Crippen LogP contribution < -0.4 is 10.1 Å². The average Bonchev–Trinajstić information content (AvgIpc) is 2.66. The fourth-order valence-electron chi connectivity index (χ4n) is 2.00. The van der Waals surface area contributed by atoms with Crippen molar-refractivity contribution < 1.29 is 14.6 Å². The van der Waals surface area contributed by atoms with Gasteiger partial charge in [0.15, 0.2) is 5.88 Å². The van der Waals surface area contributed by atoms with E-state index in [0.717, 1.165) is 16.5 Å². The molecule has 0 bridgehead atoms. The van der Waals surface area contributed by atoms with Crippen molar-refractivity contribution in [2.45, 2.75) is 13.3 Å². The first-order valence-corrected chi connectivity index (χ1v) is 5.74. The molecule has 2 aromatic rings. The first-order chi connectivity index (χ1) is 8.61. The highest BCUT2D eigenvalue weighted by Gasteiger charge is 2.12. The van der Waals surface area contributed by atoms with Crippen molar-refractivity contribution in [3.63, 3.8) is 0 Å². The van der Waals surface area contributed by atoms with E-state index in [0.29, 0.717) is 18.8 Å². The van der Waals surface area contributed by atoms with E-state index in [1.165, 1.54) is 6.92 Å². The molecule has 0 fully saturated rings. The van der Waals surface area contributed by atoms with Crippen LogP contribution in [-0.4, -0.2) is 29.7 Å². The molecule has 0 unspecified atom stereocenters. The number of rotatable bonds is 4. The van der Waals surface area contributed by atoms with E-state index in [9.17, 15) is 9.90 Å². The van der Waals surface area contributed by atoms with Gasteiger partial charge in [0.25, 0.3) is 0 Å². The number of phenolic OH excluding ortho intramolecular Hbond substituents is 1. The highest BCUT2D eigenvalue weighted by molar-refractivity contribution is 5.87. The van der Waals surface area contributed by atoms with Crippen LogP contribution in [0.5, 0.6) is 11.6 Å². The quantitative estimate of drug-likeness (QED) is 0.768. The predicted molar refractivity (Wildman–Crippen MR) is 68.9 cm³/mol. The first-order valence-electron chi connectivity index (χ1n) is 5.74. The lowest BCUT2D eigenvalue weighted by Crippen LogP contribution is -2.22. The van der Waals surface area contributed by atoms with Crippen LogP contribution in [0, 0.1) is 0 Å². The minimum atomic E-state index is -0.0587. The van der Waals surface area contributed by atoms with Crippen molar-refractivity contribution in [3.05, 3.63) is 23.8 Å². The number of hydrogen-bond acceptors (Lipinski definition) is 3. The van der Waals surface area contributed by atoms with Crippen LogP contribution in [0.15, 0.2) is 18.2 Å². The third kappa shape index (κ3) is 2.40. The summed E-state index contributed by atoms with van der Waals surface area (Å²) < 4.78 is 5.28. The van der Waals surface area contributed by atoms with Gasteiger partial charge in [-0.15, -0.1) is 0 Å². The summed E-state index contributed by atoms with van der Waals surface area (Å²) in [4.78, 5) is 14.0. The predicted octanol–water partition coefficient (Wildman–Crippen LogP) is 1.56. The summed E-state index contributed by atoms with van der Waals surface area (Å²) in [6, 6.07) is 5.11. The number of H-pyrrole nitrogens is 1. The number of nitrogens with one attached hydrogen (secondary N) is 2. The number of carbonyl (C=O) groups is 1. The van der Waals surface area contributed by atoms with Crippen LogP contribution in [0.25, 0.3) is 10.9 Å². The van der Waals surface area contributed by atoms with Gasteiger partial charge in [-0.1, -0.05) is 0 Å². The van der Waals surface area contributed by atoms with E-state index < -0.39 is 0 Å². The van der Waals surface area contributed by atoms with Crippen LogP contribution in [-0.2, 0) is 11.2 Å². The fraction of sp³-hybridized carbons (Fsp3) is 0.308. The molecule has 0 saturated heterocycles. The molecule has 1 aromatic carbocycles. The molecule has 3 N–H and O–H groups in total. The van der Waals surface area contributed by atoms with Crippen LogP contribution in [0.4, 0.5) is 0 Å². The lowest BCUT2D eigenvalue weighted by Gasteiger charge is -2.04. The average molecular weight is 248 g/mol. The zero-order valence-corrected chi connectivity index (χ0v) is 10.4. The number of methoxy groups -OCH3 is 1. The Bertz CT molecular complexity index is 575. The van der Waals surface area contributed by atoms with Gasteiger partial charge in [-0.2, -0.15) is 0 Å². The van der Waals surface area contributed by atoms with E-state index in [-0.39, 0.29) is 11.7 Å². The fourth-order valence-corrected chi connectivity index (χ4v) is 2.00. The van der Waals surface area contributed by atoms with Gasteiger partial charge in [-0.3, -0.25) is 4.79 Å². The second kappa shape index (κ2) is 5.00. The largest absolute Gasteiger partial charge is 0.508 e. The summed E-state index contributed by atoms with van der Waals surface area (Å²) in [5.41, 5.74) is 1.86. The number of fused-ring (bicyclic) bond motifs is 1. The summed E-state index contributed by atoms with van der Waals surface area (Å²) in [5, 5.41) is 13.2. The molecule has 5 nitrogen and oxygen atoms in total. The van der Waals surface area contributed by atoms with Gasteiger partial charge in [0.2, 0.25) is 5.91 Å². The molecule has 0 aliphatic carbocycles. The Hall–Kier alpha value is -2.17. The number of aromatic hydroxyl groups is 1. The molecule has 0 saturated carbocycles. The maximum absolute atomic E-state index is 10.9. The van der Waals surface area contributed by atoms with Gasteiger partial charge >= 0.3 is 0 Å². The molecule has 0 aliphatic rings. The van der Waals surface area contributed by atoms with E-state index in [1.807, 2.05) is 0 Å². The van der Waals surface area contributed by atoms with Gasteiger partial charge in [0, 0.05) is 29.9 Å². The second-order valence-electron chi connectivity index (χ2n) is 4.10. The number of benzene rings is 1. The number of aromatic nitrogens is 1. The van der Waals surface area contributed by atoms with E-state index in [2.05, 4.69) is 10.3 Å². The van der Waals surface area contributed by atoms with Crippen molar-refractivity contribution in [2.75, 3.05) is 13.7 Å². The topological polar surface area (TPSA) is 74.3 Å². The maximum Gasteiger partial charge on any atom is 0.216 e. The summed E-state index contributed by atoms with van der Waals surface area (Å²) in [5.74, 6) is 0.822. The molecule has 2 rings (SSSR count). The Morgan fingerprint density at radius 2 is 2.28 bits per heavy atom. The van der Waals surface area contributed by atoms with Gasteiger partial charge < -0.3 is 20.1 Å². The minimum absolute atomic E-state index is 0.0587. The number of phenols is 1. The SMILES string of the molecule is COc1[nH]c2ccc(O)cc2c1CCNC(C)=O. The first kappa shape index (κ1) is 12.3. The van der Waals surface area contributed by atoms with Crippen LogP contribution >= 0.6 is 0 Å². The molecule has 1 aromatic heterocycles. The highest BCUT2D eigenvalue weighted by atomic mass is 16.5. The Kier molecular flexibility index (Phi) is 3.41. The van der Waals surface area contributed by atoms with E-state index in [1.54, 1.807) is 25.3 Å². The molecule has 18 heavy (non-hydrogen) atoms. The minimum Gasteiger partial charge on any atom is -0.508 e. The van der Waals surface area contributed by atoms with Crippen LogP contribution in [0.3, 0.4) is 0 Å². The molecule has 0 aliphatic heterocycles. The van der Waals surface area contributed by atoms with Crippen molar-refractivity contribution in [1.29, 1.82) is 0 Å². The van der Waals surface area contributed by atoms with Crippen molar-refractivity contribution in [3.8, 4) is 11.6 Å². The molecule has 0 spiro atoms. The van der Waals surface area contributed by atoms with Gasteiger partial charge in [0.05, 0.1) is 7.11 Å². The monoisotopic (exact) mass is 248 g/mol. The third-order valence-corrected chi connectivity index (χ3v) is 2.80. The number of amides is 1. The Morgan fingerprint density at radius 1 is 1.50 bits per heavy atom. The number of aromatic amines is 1. The van der Waals surface area contributed by atoms with Gasteiger partial charge in [-0.05, 0) is 24.6 Å². The van der Waals surface area contributed by atoms with Crippen molar-refractivity contribution >= 4 is 16.8 Å². The van der Waals surface area contributed by atoms with Gasteiger partial charge in [-0.25, -0.2) is 0 Å². The molecule has 0 radical (unpaired) electrons. The maximum atomic E-state index is 10.9. The van der Waals surface area contributed by atoms with E-state index in [4.69, 9.17) is 4.74 Å². The zero-order valence-electron chi connectivity index (χ0n) is 10.4. The summed E-state index contributed by atoms with van der Waals surface area (Å²) in [6.07, 6.45) is 0.645. The Labute approximate surface area is 105 Å². The normalized spacial score (nSPS) is 10.6. The van der Waals surface area contributed by atoms with Gasteiger partial charge in [0.1, 0.15) is 5.75 Å². The van der Waals surface area contributed by atoms with Crippen LogP contribution in [0.2, 0.25) is 0 Å². The standard InChI is InChI=1S/C13H16N2O3/c1-8(16)14-6-5-10-11-7-9(17)3-4-12(11)15-13(10)18-2/h3-4,7,15,17H,5-6H2,1-2H3,(H,14,16). The lowest BCUT2D eigenvalue weighted by atomic mass is 10.1. The van der Waals surface area contributed by atoms with Crippen molar-refractivity contribution in [1.82, 2.24) is 10.3 Å². The number of hydrogen-bond donors (Lipinski definition) is 3. The summed E-state index contributed by atoms with van der Waals surface area (Å²) >= 11 is 0. The lowest BCUT2D eigenvalue weighted by molar-refractivity contribution is -0.118. The van der Waals surface area contributed by atoms with Crippen molar-refractivity contribution in [2.24, 2.45) is 0 Å².